The van der Waals surface area contributed by atoms with Crippen molar-refractivity contribution >= 4 is 15.8 Å². The largest absolute Gasteiger partial charge is 0.416 e. The Morgan fingerprint density at radius 3 is 2.14 bits per heavy atom. The molecule has 0 unspecified atom stereocenters. The van der Waals surface area contributed by atoms with Crippen LogP contribution in [-0.2, 0) is 16.2 Å². The SMILES string of the molecule is Cc1c(-c2ccc(C(F)(F)F)cc2S(N)(=O)=O)ccc(-c2cnc(N)cn2)c1F. The van der Waals surface area contributed by atoms with Gasteiger partial charge in [0.1, 0.15) is 11.6 Å². The van der Waals surface area contributed by atoms with Gasteiger partial charge in [-0.3, -0.25) is 4.98 Å². The first-order valence-electron chi connectivity index (χ1n) is 8.01. The number of nitrogens with zero attached hydrogens (tertiary/aromatic N) is 2. The molecule has 0 fully saturated rings. The van der Waals surface area contributed by atoms with E-state index in [2.05, 4.69) is 9.97 Å². The summed E-state index contributed by atoms with van der Waals surface area (Å²) in [6, 6.07) is 4.79. The van der Waals surface area contributed by atoms with Gasteiger partial charge in [-0.05, 0) is 36.2 Å². The highest BCUT2D eigenvalue weighted by Crippen LogP contribution is 2.37. The summed E-state index contributed by atoms with van der Waals surface area (Å²) >= 11 is 0. The number of anilines is 1. The van der Waals surface area contributed by atoms with E-state index < -0.39 is 32.5 Å². The van der Waals surface area contributed by atoms with E-state index in [4.69, 9.17) is 10.9 Å². The first-order chi connectivity index (χ1) is 13.4. The highest BCUT2D eigenvalue weighted by molar-refractivity contribution is 7.89. The van der Waals surface area contributed by atoms with Gasteiger partial charge in [-0.2, -0.15) is 13.2 Å². The van der Waals surface area contributed by atoms with Gasteiger partial charge in [-0.15, -0.1) is 0 Å². The summed E-state index contributed by atoms with van der Waals surface area (Å²) < 4.78 is 77.7. The predicted octanol–water partition coefficient (Wildman–Crippen LogP) is 3.51. The number of nitrogen functional groups attached to an aromatic ring is 1. The van der Waals surface area contributed by atoms with Crippen LogP contribution in [0.25, 0.3) is 22.4 Å². The highest BCUT2D eigenvalue weighted by Gasteiger charge is 2.32. The number of halogens is 4. The second-order valence-electron chi connectivity index (χ2n) is 6.18. The van der Waals surface area contributed by atoms with E-state index in [1.165, 1.54) is 31.5 Å². The van der Waals surface area contributed by atoms with Crippen LogP contribution in [0.2, 0.25) is 0 Å². The van der Waals surface area contributed by atoms with E-state index in [9.17, 15) is 26.0 Å². The predicted molar refractivity (Wildman–Crippen MR) is 98.4 cm³/mol. The van der Waals surface area contributed by atoms with Crippen LogP contribution in [0.5, 0.6) is 0 Å². The molecule has 152 valence electrons. The topological polar surface area (TPSA) is 112 Å². The lowest BCUT2D eigenvalue weighted by molar-refractivity contribution is -0.137. The lowest BCUT2D eigenvalue weighted by atomic mass is 9.96. The maximum absolute atomic E-state index is 15.0. The minimum atomic E-state index is -4.77. The lowest BCUT2D eigenvalue weighted by Crippen LogP contribution is -2.16. The van der Waals surface area contributed by atoms with Gasteiger partial charge >= 0.3 is 6.18 Å². The fraction of sp³-hybridized carbons (Fsp3) is 0.111. The zero-order valence-electron chi connectivity index (χ0n) is 14.8. The van der Waals surface area contributed by atoms with Crippen LogP contribution in [0.15, 0.2) is 47.6 Å². The van der Waals surface area contributed by atoms with Crippen LogP contribution in [-0.4, -0.2) is 18.4 Å². The summed E-state index contributed by atoms with van der Waals surface area (Å²) in [7, 11) is -4.52. The van der Waals surface area contributed by atoms with E-state index in [0.717, 1.165) is 6.07 Å². The average Bonchev–Trinajstić information content (AvgIpc) is 2.63. The number of alkyl halides is 3. The molecule has 0 atom stereocenters. The van der Waals surface area contributed by atoms with Crippen molar-refractivity contribution in [3.05, 3.63) is 59.7 Å². The van der Waals surface area contributed by atoms with Crippen molar-refractivity contribution in [3.63, 3.8) is 0 Å². The van der Waals surface area contributed by atoms with Crippen LogP contribution in [0.1, 0.15) is 11.1 Å². The number of sulfonamides is 1. The van der Waals surface area contributed by atoms with Crippen LogP contribution in [0.4, 0.5) is 23.4 Å². The summed E-state index contributed by atoms with van der Waals surface area (Å²) in [6.07, 6.45) is -2.26. The second-order valence-corrected chi connectivity index (χ2v) is 7.71. The first kappa shape index (κ1) is 20.7. The highest BCUT2D eigenvalue weighted by atomic mass is 32.2. The number of aromatic nitrogens is 2. The number of hydrogen-bond donors (Lipinski definition) is 2. The molecule has 1 heterocycles. The maximum atomic E-state index is 15.0. The number of nitrogens with two attached hydrogens (primary N) is 2. The number of rotatable bonds is 3. The molecule has 11 heteroatoms. The molecule has 0 aliphatic carbocycles. The van der Waals surface area contributed by atoms with Crippen molar-refractivity contribution < 1.29 is 26.0 Å². The monoisotopic (exact) mass is 426 g/mol. The van der Waals surface area contributed by atoms with Crippen LogP contribution >= 0.6 is 0 Å². The molecule has 0 saturated heterocycles. The molecule has 1 aromatic heterocycles. The van der Waals surface area contributed by atoms with Gasteiger partial charge < -0.3 is 5.73 Å². The van der Waals surface area contributed by atoms with Gasteiger partial charge in [0.2, 0.25) is 10.0 Å². The Bertz CT molecular complexity index is 1190. The third kappa shape index (κ3) is 4.05. The van der Waals surface area contributed by atoms with E-state index in [-0.39, 0.29) is 33.8 Å². The van der Waals surface area contributed by atoms with Gasteiger partial charge in [-0.25, -0.2) is 22.9 Å². The number of hydrogen-bond acceptors (Lipinski definition) is 5. The Labute approximate surface area is 163 Å². The van der Waals surface area contributed by atoms with Crippen molar-refractivity contribution in [2.24, 2.45) is 5.14 Å². The first-order valence-corrected chi connectivity index (χ1v) is 9.55. The van der Waals surface area contributed by atoms with E-state index >= 15 is 0 Å². The van der Waals surface area contributed by atoms with Gasteiger partial charge in [0.25, 0.3) is 0 Å². The normalized spacial score (nSPS) is 12.2. The Morgan fingerprint density at radius 2 is 1.59 bits per heavy atom. The van der Waals surface area contributed by atoms with Crippen molar-refractivity contribution in [2.75, 3.05) is 5.73 Å². The minimum absolute atomic E-state index is 0.00536. The molecule has 29 heavy (non-hydrogen) atoms. The number of primary sulfonamides is 1. The van der Waals surface area contributed by atoms with Gasteiger partial charge in [0, 0.05) is 11.1 Å². The fourth-order valence-corrected chi connectivity index (χ4v) is 3.58. The van der Waals surface area contributed by atoms with Gasteiger partial charge in [0.05, 0.1) is 28.5 Å². The number of benzene rings is 2. The van der Waals surface area contributed by atoms with Crippen molar-refractivity contribution in [1.82, 2.24) is 9.97 Å². The molecule has 3 aromatic rings. The molecular weight excluding hydrogens is 412 g/mol. The molecule has 0 amide bonds. The van der Waals surface area contributed by atoms with Crippen molar-refractivity contribution in [2.45, 2.75) is 18.0 Å². The van der Waals surface area contributed by atoms with E-state index in [0.29, 0.717) is 12.1 Å². The van der Waals surface area contributed by atoms with Crippen molar-refractivity contribution in [1.29, 1.82) is 0 Å². The smallest absolute Gasteiger partial charge is 0.382 e. The van der Waals surface area contributed by atoms with Gasteiger partial charge in [0.15, 0.2) is 0 Å². The second kappa shape index (κ2) is 7.08. The van der Waals surface area contributed by atoms with Gasteiger partial charge in [-0.1, -0.05) is 12.1 Å². The molecule has 2 aromatic carbocycles. The fourth-order valence-electron chi connectivity index (χ4n) is 2.81. The van der Waals surface area contributed by atoms with Crippen molar-refractivity contribution in [3.8, 4) is 22.4 Å². The molecule has 0 radical (unpaired) electrons. The maximum Gasteiger partial charge on any atom is 0.416 e. The summed E-state index contributed by atoms with van der Waals surface area (Å²) in [6.45, 7) is 1.36. The standard InChI is InChI=1S/C18H14F4N4O2S/c1-9-11(4-5-13(17(9)19)14-7-26-16(23)8-25-14)12-3-2-10(18(20,21)22)6-15(12)29(24,27)28/h2-8H,1H3,(H2,23,26)(H2,24,27,28). The molecule has 4 N–H and O–H groups in total. The molecule has 0 bridgehead atoms. The Hall–Kier alpha value is -3.05. The van der Waals surface area contributed by atoms with Crippen LogP contribution < -0.4 is 10.9 Å². The summed E-state index contributed by atoms with van der Waals surface area (Å²) in [5.41, 5.74) is 4.47. The third-order valence-corrected chi connectivity index (χ3v) is 5.19. The summed E-state index contributed by atoms with van der Waals surface area (Å²) in [4.78, 5) is 7.06. The van der Waals surface area contributed by atoms with E-state index in [1.54, 1.807) is 0 Å². The summed E-state index contributed by atoms with van der Waals surface area (Å²) in [5.74, 6) is -0.591. The molecule has 0 aliphatic rings. The zero-order chi connectivity index (χ0) is 21.6. The molecule has 6 nitrogen and oxygen atoms in total. The Balaban J connectivity index is 2.21. The molecule has 0 spiro atoms. The molecule has 0 aliphatic heterocycles. The Morgan fingerprint density at radius 1 is 0.966 bits per heavy atom. The Kier molecular flexibility index (Phi) is 5.05. The lowest BCUT2D eigenvalue weighted by Gasteiger charge is -2.15. The summed E-state index contributed by atoms with van der Waals surface area (Å²) in [5, 5.41) is 5.11. The van der Waals surface area contributed by atoms with Crippen LogP contribution in [0, 0.1) is 12.7 Å². The molecular formula is C18H14F4N4O2S. The third-order valence-electron chi connectivity index (χ3n) is 4.24. The van der Waals surface area contributed by atoms with Crippen LogP contribution in [0.3, 0.4) is 0 Å². The van der Waals surface area contributed by atoms with E-state index in [1.807, 2.05) is 0 Å². The average molecular weight is 426 g/mol. The minimum Gasteiger partial charge on any atom is -0.382 e. The zero-order valence-corrected chi connectivity index (χ0v) is 15.6. The molecule has 0 saturated carbocycles. The molecule has 3 rings (SSSR count). The quantitative estimate of drug-likeness (QED) is 0.623.